The molecule has 0 aliphatic heterocycles. The van der Waals surface area contributed by atoms with Gasteiger partial charge in [0.15, 0.2) is 0 Å². The van der Waals surface area contributed by atoms with Crippen LogP contribution in [0, 0.1) is 12.7 Å². The largest absolute Gasteiger partial charge is 0.508 e. The molecule has 0 fully saturated rings. The first kappa shape index (κ1) is 14.4. The van der Waals surface area contributed by atoms with E-state index in [0.29, 0.717) is 22.8 Å². The van der Waals surface area contributed by atoms with Gasteiger partial charge in [0.2, 0.25) is 0 Å². The van der Waals surface area contributed by atoms with E-state index in [4.69, 9.17) is 4.74 Å². The summed E-state index contributed by atoms with van der Waals surface area (Å²) in [6.45, 7) is 5.95. The molecular formula is C17H19FO2. The lowest BCUT2D eigenvalue weighted by molar-refractivity contribution is 0.297. The number of phenols is 1. The zero-order valence-electron chi connectivity index (χ0n) is 12.0. The maximum Gasteiger partial charge on any atom is 0.132 e. The molecule has 0 radical (unpaired) electrons. The maximum atomic E-state index is 13.9. The van der Waals surface area contributed by atoms with Crippen LogP contribution in [0.25, 0.3) is 0 Å². The van der Waals surface area contributed by atoms with Crippen LogP contribution in [-0.2, 0) is 6.61 Å². The van der Waals surface area contributed by atoms with Crippen LogP contribution in [0.2, 0.25) is 0 Å². The molecule has 0 aliphatic carbocycles. The van der Waals surface area contributed by atoms with Crippen LogP contribution in [0.3, 0.4) is 0 Å². The number of hydrogen-bond donors (Lipinski definition) is 1. The molecule has 0 aromatic heterocycles. The quantitative estimate of drug-likeness (QED) is 0.886. The molecule has 2 aromatic carbocycles. The summed E-state index contributed by atoms with van der Waals surface area (Å²) in [5, 5.41) is 9.68. The van der Waals surface area contributed by atoms with Crippen LogP contribution in [0.5, 0.6) is 11.5 Å². The normalized spacial score (nSPS) is 10.8. The highest BCUT2D eigenvalue weighted by molar-refractivity contribution is 5.39. The van der Waals surface area contributed by atoms with Crippen molar-refractivity contribution in [3.8, 4) is 11.5 Å². The Morgan fingerprint density at radius 3 is 2.65 bits per heavy atom. The summed E-state index contributed by atoms with van der Waals surface area (Å²) in [7, 11) is 0. The minimum atomic E-state index is -0.239. The van der Waals surface area contributed by atoms with Gasteiger partial charge in [-0.15, -0.1) is 0 Å². The third-order valence-corrected chi connectivity index (χ3v) is 3.25. The van der Waals surface area contributed by atoms with Gasteiger partial charge in [-0.3, -0.25) is 0 Å². The predicted octanol–water partition coefficient (Wildman–Crippen LogP) is 4.54. The lowest BCUT2D eigenvalue weighted by Gasteiger charge is -2.12. The molecule has 0 heterocycles. The number of hydrogen-bond acceptors (Lipinski definition) is 2. The van der Waals surface area contributed by atoms with E-state index in [9.17, 15) is 9.50 Å². The summed E-state index contributed by atoms with van der Waals surface area (Å²) in [5.74, 6) is 0.766. The SMILES string of the molecule is Cc1cccc(COc2cc(O)cc(C(C)C)c2)c1F. The summed E-state index contributed by atoms with van der Waals surface area (Å²) >= 11 is 0. The highest BCUT2D eigenvalue weighted by atomic mass is 19.1. The van der Waals surface area contributed by atoms with Gasteiger partial charge >= 0.3 is 0 Å². The lowest BCUT2D eigenvalue weighted by Crippen LogP contribution is -2.00. The van der Waals surface area contributed by atoms with E-state index in [1.54, 1.807) is 37.3 Å². The van der Waals surface area contributed by atoms with Gasteiger partial charge in [0.25, 0.3) is 0 Å². The zero-order chi connectivity index (χ0) is 14.7. The fourth-order valence-electron chi connectivity index (χ4n) is 2.00. The van der Waals surface area contributed by atoms with Gasteiger partial charge in [0, 0.05) is 11.6 Å². The van der Waals surface area contributed by atoms with Crippen molar-refractivity contribution in [1.82, 2.24) is 0 Å². The van der Waals surface area contributed by atoms with E-state index in [1.165, 1.54) is 0 Å². The van der Waals surface area contributed by atoms with Crippen molar-refractivity contribution in [2.24, 2.45) is 0 Å². The first-order valence-corrected chi connectivity index (χ1v) is 6.68. The Morgan fingerprint density at radius 2 is 1.95 bits per heavy atom. The fourth-order valence-corrected chi connectivity index (χ4v) is 2.00. The first-order valence-electron chi connectivity index (χ1n) is 6.68. The second-order valence-corrected chi connectivity index (χ2v) is 5.25. The molecule has 0 bridgehead atoms. The predicted molar refractivity (Wildman–Crippen MR) is 77.7 cm³/mol. The molecule has 0 amide bonds. The number of ether oxygens (including phenoxy) is 1. The van der Waals surface area contributed by atoms with Gasteiger partial charge in [0.05, 0.1) is 0 Å². The van der Waals surface area contributed by atoms with Crippen molar-refractivity contribution in [1.29, 1.82) is 0 Å². The van der Waals surface area contributed by atoms with Gasteiger partial charge in [-0.05, 0) is 36.1 Å². The number of aryl methyl sites for hydroxylation is 1. The van der Waals surface area contributed by atoms with Gasteiger partial charge in [-0.2, -0.15) is 0 Å². The van der Waals surface area contributed by atoms with Crippen LogP contribution < -0.4 is 4.74 Å². The maximum absolute atomic E-state index is 13.9. The van der Waals surface area contributed by atoms with E-state index < -0.39 is 0 Å². The van der Waals surface area contributed by atoms with Gasteiger partial charge < -0.3 is 9.84 Å². The van der Waals surface area contributed by atoms with Crippen LogP contribution in [0.1, 0.15) is 36.5 Å². The number of phenolic OH excluding ortho intramolecular Hbond substituents is 1. The van der Waals surface area contributed by atoms with Gasteiger partial charge in [0.1, 0.15) is 23.9 Å². The Kier molecular flexibility index (Phi) is 4.28. The van der Waals surface area contributed by atoms with Crippen molar-refractivity contribution in [2.75, 3.05) is 0 Å². The molecule has 3 heteroatoms. The summed E-state index contributed by atoms with van der Waals surface area (Å²) < 4.78 is 19.5. The number of halogens is 1. The van der Waals surface area contributed by atoms with E-state index in [2.05, 4.69) is 0 Å². The molecule has 0 unspecified atom stereocenters. The van der Waals surface area contributed by atoms with E-state index in [0.717, 1.165) is 5.56 Å². The summed E-state index contributed by atoms with van der Waals surface area (Å²) in [6, 6.07) is 10.4. The highest BCUT2D eigenvalue weighted by Gasteiger charge is 2.08. The van der Waals surface area contributed by atoms with Crippen molar-refractivity contribution in [2.45, 2.75) is 33.3 Å². The molecule has 0 atom stereocenters. The second-order valence-electron chi connectivity index (χ2n) is 5.25. The highest BCUT2D eigenvalue weighted by Crippen LogP contribution is 2.27. The molecule has 2 nitrogen and oxygen atoms in total. The average Bonchev–Trinajstić information content (AvgIpc) is 2.40. The van der Waals surface area contributed by atoms with Crippen molar-refractivity contribution in [3.63, 3.8) is 0 Å². The topological polar surface area (TPSA) is 29.5 Å². The Hall–Kier alpha value is -2.03. The second kappa shape index (κ2) is 5.95. The smallest absolute Gasteiger partial charge is 0.132 e. The van der Waals surface area contributed by atoms with Gasteiger partial charge in [-0.25, -0.2) is 4.39 Å². The van der Waals surface area contributed by atoms with E-state index >= 15 is 0 Å². The third-order valence-electron chi connectivity index (χ3n) is 3.25. The Bertz CT molecular complexity index is 606. The Morgan fingerprint density at radius 1 is 1.20 bits per heavy atom. The van der Waals surface area contributed by atoms with Crippen LogP contribution >= 0.6 is 0 Å². The van der Waals surface area contributed by atoms with Crippen molar-refractivity contribution >= 4 is 0 Å². The number of aromatic hydroxyl groups is 1. The molecule has 0 aliphatic rings. The molecule has 1 N–H and O–H groups in total. The van der Waals surface area contributed by atoms with Crippen LogP contribution in [-0.4, -0.2) is 5.11 Å². The number of rotatable bonds is 4. The van der Waals surface area contributed by atoms with E-state index in [-0.39, 0.29) is 18.2 Å². The molecule has 2 rings (SSSR count). The summed E-state index contributed by atoms with van der Waals surface area (Å²) in [6.07, 6.45) is 0. The van der Waals surface area contributed by atoms with Crippen LogP contribution in [0.4, 0.5) is 4.39 Å². The molecule has 0 spiro atoms. The summed E-state index contributed by atoms with van der Waals surface area (Å²) in [4.78, 5) is 0. The molecule has 106 valence electrons. The lowest BCUT2D eigenvalue weighted by atomic mass is 10.0. The minimum Gasteiger partial charge on any atom is -0.508 e. The monoisotopic (exact) mass is 274 g/mol. The van der Waals surface area contributed by atoms with Crippen LogP contribution in [0.15, 0.2) is 36.4 Å². The summed E-state index contributed by atoms with van der Waals surface area (Å²) in [5.41, 5.74) is 2.11. The molecule has 2 aromatic rings. The Balaban J connectivity index is 2.16. The van der Waals surface area contributed by atoms with E-state index in [1.807, 2.05) is 19.9 Å². The first-order chi connectivity index (χ1) is 9.47. The van der Waals surface area contributed by atoms with Crippen molar-refractivity contribution in [3.05, 3.63) is 58.9 Å². The molecule has 0 saturated carbocycles. The average molecular weight is 274 g/mol. The molecular weight excluding hydrogens is 255 g/mol. The fraction of sp³-hybridized carbons (Fsp3) is 0.294. The van der Waals surface area contributed by atoms with Crippen molar-refractivity contribution < 1.29 is 14.2 Å². The van der Waals surface area contributed by atoms with Gasteiger partial charge in [-0.1, -0.05) is 32.0 Å². The number of benzene rings is 2. The molecule has 0 saturated heterocycles. The molecule has 20 heavy (non-hydrogen) atoms. The Labute approximate surface area is 118 Å². The minimum absolute atomic E-state index is 0.147. The zero-order valence-corrected chi connectivity index (χ0v) is 12.0. The standard InChI is InChI=1S/C17H19FO2/c1-11(2)14-7-15(19)9-16(8-14)20-10-13-6-4-5-12(3)17(13)18/h4-9,11,19H,10H2,1-3H3. The third kappa shape index (κ3) is 3.29.